The average molecular weight is 239 g/mol. The van der Waals surface area contributed by atoms with Crippen molar-refractivity contribution in [3.05, 3.63) is 35.9 Å². The third-order valence-corrected chi connectivity index (χ3v) is 3.53. The molecule has 88 valence electrons. The molecule has 1 aromatic rings. The van der Waals surface area contributed by atoms with Gasteiger partial charge < -0.3 is 10.5 Å². The lowest BCUT2D eigenvalue weighted by Crippen LogP contribution is -2.36. The second kappa shape index (κ2) is 6.55. The number of carbonyl (C=O) groups is 1. The average Bonchev–Trinajstić information content (AvgIpc) is 2.35. The summed E-state index contributed by atoms with van der Waals surface area (Å²) in [5, 5.41) is -0.0429. The van der Waals surface area contributed by atoms with Gasteiger partial charge in [0.2, 0.25) is 0 Å². The van der Waals surface area contributed by atoms with E-state index in [1.54, 1.807) is 11.8 Å². The van der Waals surface area contributed by atoms with Gasteiger partial charge in [-0.05, 0) is 11.3 Å². The normalized spacial score (nSPS) is 14.2. The molecule has 0 bridgehead atoms. The Hall–Kier alpha value is -1.00. The molecule has 3 nitrogen and oxygen atoms in total. The van der Waals surface area contributed by atoms with E-state index in [-0.39, 0.29) is 11.2 Å². The topological polar surface area (TPSA) is 52.3 Å². The molecule has 1 aromatic carbocycles. The first-order chi connectivity index (χ1) is 7.70. The first kappa shape index (κ1) is 13.1. The van der Waals surface area contributed by atoms with Crippen LogP contribution >= 0.6 is 11.8 Å². The molecule has 0 fully saturated rings. The number of benzene rings is 1. The summed E-state index contributed by atoms with van der Waals surface area (Å²) in [6.45, 7) is 2.05. The summed E-state index contributed by atoms with van der Waals surface area (Å²) in [6, 6.07) is 9.19. The first-order valence-corrected chi connectivity index (χ1v) is 6.25. The summed E-state index contributed by atoms with van der Waals surface area (Å²) in [5.41, 5.74) is 6.96. The van der Waals surface area contributed by atoms with Gasteiger partial charge in [0, 0.05) is 0 Å². The number of carbonyl (C=O) groups excluding carboxylic acids is 1. The van der Waals surface area contributed by atoms with Crippen LogP contribution < -0.4 is 5.73 Å². The highest BCUT2D eigenvalue weighted by molar-refractivity contribution is 7.99. The third-order valence-electron chi connectivity index (χ3n) is 2.27. The highest BCUT2D eigenvalue weighted by atomic mass is 32.2. The van der Waals surface area contributed by atoms with Gasteiger partial charge in [0.25, 0.3) is 0 Å². The first-order valence-electron chi connectivity index (χ1n) is 5.20. The van der Waals surface area contributed by atoms with E-state index >= 15 is 0 Å². The minimum atomic E-state index is -0.614. The molecule has 0 aliphatic carbocycles. The Kier molecular flexibility index (Phi) is 5.35. The molecule has 16 heavy (non-hydrogen) atoms. The number of hydrogen-bond donors (Lipinski definition) is 1. The van der Waals surface area contributed by atoms with Crippen molar-refractivity contribution in [1.29, 1.82) is 0 Å². The fraction of sp³-hybridized carbons (Fsp3) is 0.417. The molecule has 0 aliphatic heterocycles. The van der Waals surface area contributed by atoms with Crippen LogP contribution in [0.2, 0.25) is 0 Å². The van der Waals surface area contributed by atoms with Gasteiger partial charge in [0.1, 0.15) is 6.04 Å². The zero-order valence-electron chi connectivity index (χ0n) is 9.55. The van der Waals surface area contributed by atoms with E-state index in [9.17, 15) is 4.79 Å². The van der Waals surface area contributed by atoms with Crippen molar-refractivity contribution < 1.29 is 9.53 Å². The lowest BCUT2D eigenvalue weighted by molar-refractivity contribution is -0.142. The van der Waals surface area contributed by atoms with E-state index in [1.807, 2.05) is 37.3 Å². The predicted molar refractivity (Wildman–Crippen MR) is 67.3 cm³/mol. The summed E-state index contributed by atoms with van der Waals surface area (Å²) in [7, 11) is 1.36. The maximum Gasteiger partial charge on any atom is 0.324 e. The molecule has 0 saturated heterocycles. The zero-order chi connectivity index (χ0) is 12.0. The second-order valence-corrected chi connectivity index (χ2v) is 4.75. The fourth-order valence-corrected chi connectivity index (χ4v) is 2.52. The van der Waals surface area contributed by atoms with Crippen molar-refractivity contribution in [2.24, 2.45) is 5.73 Å². The number of rotatable bonds is 5. The Morgan fingerprint density at radius 1 is 1.44 bits per heavy atom. The quantitative estimate of drug-likeness (QED) is 0.798. The molecule has 0 aromatic heterocycles. The third kappa shape index (κ3) is 3.25. The van der Waals surface area contributed by atoms with E-state index in [0.29, 0.717) is 0 Å². The van der Waals surface area contributed by atoms with Crippen LogP contribution in [0, 0.1) is 0 Å². The maximum atomic E-state index is 11.4. The zero-order valence-corrected chi connectivity index (χ0v) is 10.4. The van der Waals surface area contributed by atoms with Crippen molar-refractivity contribution in [2.75, 3.05) is 12.9 Å². The van der Waals surface area contributed by atoms with Crippen LogP contribution in [-0.4, -0.2) is 24.9 Å². The SMILES string of the molecule is CCS[C@H](c1ccccc1)[C@@H](N)C(=O)OC. The van der Waals surface area contributed by atoms with Gasteiger partial charge in [-0.3, -0.25) is 4.79 Å². The second-order valence-electron chi connectivity index (χ2n) is 3.34. The number of methoxy groups -OCH3 is 1. The molecule has 2 N–H and O–H groups in total. The highest BCUT2D eigenvalue weighted by Crippen LogP contribution is 2.31. The number of esters is 1. The number of ether oxygens (including phenoxy) is 1. The van der Waals surface area contributed by atoms with E-state index < -0.39 is 6.04 Å². The van der Waals surface area contributed by atoms with Gasteiger partial charge in [-0.2, -0.15) is 11.8 Å². The Balaban J connectivity index is 2.86. The Bertz CT molecular complexity index is 329. The molecule has 0 saturated carbocycles. The fourth-order valence-electron chi connectivity index (χ4n) is 1.49. The van der Waals surface area contributed by atoms with Crippen molar-refractivity contribution in [1.82, 2.24) is 0 Å². The van der Waals surface area contributed by atoms with Crippen LogP contribution in [0.25, 0.3) is 0 Å². The lowest BCUT2D eigenvalue weighted by atomic mass is 10.1. The monoisotopic (exact) mass is 239 g/mol. The van der Waals surface area contributed by atoms with Crippen LogP contribution in [0.4, 0.5) is 0 Å². The lowest BCUT2D eigenvalue weighted by Gasteiger charge is -2.21. The van der Waals surface area contributed by atoms with Crippen LogP contribution in [-0.2, 0) is 9.53 Å². The Morgan fingerprint density at radius 2 is 2.06 bits per heavy atom. The van der Waals surface area contributed by atoms with Crippen molar-refractivity contribution in [2.45, 2.75) is 18.2 Å². The van der Waals surface area contributed by atoms with Crippen LogP contribution in [0.3, 0.4) is 0 Å². The van der Waals surface area contributed by atoms with Crippen molar-refractivity contribution >= 4 is 17.7 Å². The molecule has 1 rings (SSSR count). The van der Waals surface area contributed by atoms with Gasteiger partial charge >= 0.3 is 5.97 Å². The predicted octanol–water partition coefficient (Wildman–Crippen LogP) is 1.98. The number of hydrogen-bond acceptors (Lipinski definition) is 4. The highest BCUT2D eigenvalue weighted by Gasteiger charge is 2.26. The van der Waals surface area contributed by atoms with Crippen molar-refractivity contribution in [3.63, 3.8) is 0 Å². The smallest absolute Gasteiger partial charge is 0.324 e. The Labute approximate surface area is 100 Å². The molecule has 4 heteroatoms. The molecule has 0 radical (unpaired) electrons. The van der Waals surface area contributed by atoms with E-state index in [0.717, 1.165) is 11.3 Å². The summed E-state index contributed by atoms with van der Waals surface area (Å²) in [6.07, 6.45) is 0. The van der Waals surface area contributed by atoms with E-state index in [4.69, 9.17) is 5.73 Å². The molecular formula is C12H17NO2S. The minimum Gasteiger partial charge on any atom is -0.468 e. The standard InChI is InChI=1S/C12H17NO2S/c1-3-16-11(10(13)12(14)15-2)9-7-5-4-6-8-9/h4-8,10-11H,3,13H2,1-2H3/t10-,11-/m1/s1. The number of thioether (sulfide) groups is 1. The maximum absolute atomic E-state index is 11.4. The summed E-state index contributed by atoms with van der Waals surface area (Å²) < 4.78 is 4.68. The van der Waals surface area contributed by atoms with Crippen LogP contribution in [0.15, 0.2) is 30.3 Å². The van der Waals surface area contributed by atoms with Crippen molar-refractivity contribution in [3.8, 4) is 0 Å². The van der Waals surface area contributed by atoms with Gasteiger partial charge in [-0.15, -0.1) is 0 Å². The van der Waals surface area contributed by atoms with Crippen LogP contribution in [0.5, 0.6) is 0 Å². The summed E-state index contributed by atoms with van der Waals surface area (Å²) >= 11 is 1.66. The van der Waals surface area contributed by atoms with Crippen LogP contribution in [0.1, 0.15) is 17.7 Å². The molecule has 0 unspecified atom stereocenters. The van der Waals surface area contributed by atoms with Gasteiger partial charge in [0.15, 0.2) is 0 Å². The summed E-state index contributed by atoms with van der Waals surface area (Å²) in [4.78, 5) is 11.4. The summed E-state index contributed by atoms with van der Waals surface area (Å²) in [5.74, 6) is 0.541. The molecule has 0 amide bonds. The van der Waals surface area contributed by atoms with E-state index in [2.05, 4.69) is 4.74 Å². The minimum absolute atomic E-state index is 0.0429. The largest absolute Gasteiger partial charge is 0.468 e. The number of nitrogens with two attached hydrogens (primary N) is 1. The molecular weight excluding hydrogens is 222 g/mol. The van der Waals surface area contributed by atoms with Gasteiger partial charge in [0.05, 0.1) is 12.4 Å². The molecule has 2 atom stereocenters. The molecule has 0 aliphatic rings. The Morgan fingerprint density at radius 3 is 2.56 bits per heavy atom. The molecule has 0 spiro atoms. The van der Waals surface area contributed by atoms with Gasteiger partial charge in [-0.25, -0.2) is 0 Å². The van der Waals surface area contributed by atoms with Gasteiger partial charge in [-0.1, -0.05) is 37.3 Å². The molecule has 0 heterocycles. The van der Waals surface area contributed by atoms with E-state index in [1.165, 1.54) is 7.11 Å².